The summed E-state index contributed by atoms with van der Waals surface area (Å²) < 4.78 is 55.9. The van der Waals surface area contributed by atoms with Gasteiger partial charge >= 0.3 is 0 Å². The molecule has 2 aliphatic heterocycles. The number of hydrogen-bond acceptors (Lipinski definition) is 11. The number of aliphatic hydroxyl groups excluding tert-OH is 2. The van der Waals surface area contributed by atoms with Crippen molar-refractivity contribution in [3.8, 4) is 0 Å². The molecule has 4 aromatic carbocycles. The number of benzene rings is 4. The van der Waals surface area contributed by atoms with Gasteiger partial charge in [0, 0.05) is 16.7 Å². The summed E-state index contributed by atoms with van der Waals surface area (Å²) in [6.45, 7) is 7.19. The molecule has 1 spiro atoms. The lowest BCUT2D eigenvalue weighted by Crippen LogP contribution is -2.67. The van der Waals surface area contributed by atoms with E-state index in [2.05, 4.69) is 30.8 Å². The Balaban J connectivity index is 1.14. The van der Waals surface area contributed by atoms with E-state index >= 15 is 0 Å². The SMILES string of the molecule is CC1(C)[C@H]2CC[C@]1(C)[C@]1(C2)O[C@@H]2[C@H](OCc3ccccc3)[C@@H](OCc3ccccc3)[C@H](OCc3ccccc3)[C@@H](O[C@H]3O[C@H](CO)[C@@H](O)[C@H](OCc4ccccc4)[C@H]3N=[N+]=[N-])[C@@H]2O1. The Morgan fingerprint density at radius 1 is 0.651 bits per heavy atom. The van der Waals surface area contributed by atoms with Crippen molar-refractivity contribution in [1.82, 2.24) is 0 Å². The van der Waals surface area contributed by atoms with Crippen molar-refractivity contribution in [3.63, 3.8) is 0 Å². The highest BCUT2D eigenvalue weighted by molar-refractivity contribution is 5.22. The van der Waals surface area contributed by atoms with Crippen molar-refractivity contribution in [1.29, 1.82) is 0 Å². The standard InChI is InChI=1S/C50H59N3O10/c1-48(2)36-24-25-49(48,3)50(26-36)62-45-43(59-31-35-22-14-7-15-23-35)41(57-29-33-18-10-5-11-19-33)42(58-30-34-20-12-6-13-21-34)44(46(45)63-50)61-47-38(52-53-51)40(39(55)37(27-54)60-47)56-28-32-16-8-4-9-17-32/h4-23,36-47,54-55H,24-31H2,1-3H3/t36-,37+,38+,39+,40+,41-,42-,43+,44+,45+,46-,47+,49-,50+/m0/s1. The van der Waals surface area contributed by atoms with Crippen LogP contribution in [0.1, 0.15) is 62.3 Å². The molecule has 0 aromatic heterocycles. The molecule has 2 saturated heterocycles. The molecule has 334 valence electrons. The summed E-state index contributed by atoms with van der Waals surface area (Å²) in [6, 6.07) is 38.1. The van der Waals surface area contributed by atoms with E-state index in [1.807, 2.05) is 121 Å². The van der Waals surface area contributed by atoms with E-state index in [0.29, 0.717) is 12.3 Å². The Morgan fingerprint density at radius 3 is 1.52 bits per heavy atom. The molecule has 5 aliphatic rings. The second kappa shape index (κ2) is 18.7. The molecule has 13 heteroatoms. The zero-order valence-electron chi connectivity index (χ0n) is 36.1. The van der Waals surface area contributed by atoms with Gasteiger partial charge in [-0.3, -0.25) is 0 Å². The zero-order chi connectivity index (χ0) is 43.6. The number of nitrogens with zero attached hydrogens (tertiary/aromatic N) is 3. The predicted molar refractivity (Wildman–Crippen MR) is 231 cm³/mol. The van der Waals surface area contributed by atoms with Gasteiger partial charge in [-0.05, 0) is 52.0 Å². The van der Waals surface area contributed by atoms with Gasteiger partial charge in [-0.15, -0.1) is 0 Å². The first-order chi connectivity index (χ1) is 30.6. The van der Waals surface area contributed by atoms with E-state index in [0.717, 1.165) is 35.1 Å². The molecular formula is C50H59N3O10. The molecule has 2 heterocycles. The van der Waals surface area contributed by atoms with Gasteiger partial charge in [-0.2, -0.15) is 0 Å². The third-order valence-corrected chi connectivity index (χ3v) is 14.8. The van der Waals surface area contributed by atoms with Gasteiger partial charge in [0.25, 0.3) is 0 Å². The fraction of sp³-hybridized carbons (Fsp3) is 0.520. The Bertz CT molecular complexity index is 2150. The molecule has 0 unspecified atom stereocenters. The van der Waals surface area contributed by atoms with Crippen LogP contribution < -0.4 is 0 Å². The highest BCUT2D eigenvalue weighted by Gasteiger charge is 2.76. The summed E-state index contributed by atoms with van der Waals surface area (Å²) in [7, 11) is 0. The molecule has 2 bridgehead atoms. The van der Waals surface area contributed by atoms with Crippen molar-refractivity contribution >= 4 is 0 Å². The molecule has 9 rings (SSSR count). The lowest BCUT2D eigenvalue weighted by atomic mass is 9.68. The van der Waals surface area contributed by atoms with Crippen molar-refractivity contribution in [3.05, 3.63) is 154 Å². The average molecular weight is 862 g/mol. The van der Waals surface area contributed by atoms with Gasteiger partial charge in [0.1, 0.15) is 54.9 Å². The average Bonchev–Trinajstić information content (AvgIpc) is 3.85. The van der Waals surface area contributed by atoms with Gasteiger partial charge in [0.15, 0.2) is 12.1 Å². The van der Waals surface area contributed by atoms with E-state index in [9.17, 15) is 15.7 Å². The van der Waals surface area contributed by atoms with Crippen LogP contribution in [0.3, 0.4) is 0 Å². The van der Waals surface area contributed by atoms with Gasteiger partial charge in [0.05, 0.1) is 39.1 Å². The van der Waals surface area contributed by atoms with Crippen molar-refractivity contribution in [2.24, 2.45) is 21.9 Å². The number of fused-ring (bicyclic) bond motifs is 4. The van der Waals surface area contributed by atoms with Crippen molar-refractivity contribution < 1.29 is 48.1 Å². The van der Waals surface area contributed by atoms with Crippen LogP contribution in [0.15, 0.2) is 126 Å². The maximum absolute atomic E-state index is 11.6. The topological polar surface area (TPSA) is 163 Å². The third kappa shape index (κ3) is 8.46. The molecule has 13 nitrogen and oxygen atoms in total. The molecule has 3 aliphatic carbocycles. The van der Waals surface area contributed by atoms with Gasteiger partial charge < -0.3 is 48.1 Å². The van der Waals surface area contributed by atoms with Crippen molar-refractivity contribution in [2.45, 2.75) is 140 Å². The van der Waals surface area contributed by atoms with Crippen LogP contribution in [-0.4, -0.2) is 89.9 Å². The first kappa shape index (κ1) is 44.0. The second-order valence-corrected chi connectivity index (χ2v) is 18.5. The molecule has 3 saturated carbocycles. The van der Waals surface area contributed by atoms with Crippen LogP contribution in [0, 0.1) is 16.7 Å². The van der Waals surface area contributed by atoms with E-state index < -0.39 is 79.7 Å². The smallest absolute Gasteiger partial charge is 0.175 e. The normalized spacial score (nSPS) is 36.5. The van der Waals surface area contributed by atoms with Gasteiger partial charge in [-0.1, -0.05) is 147 Å². The first-order valence-corrected chi connectivity index (χ1v) is 22.3. The van der Waals surface area contributed by atoms with Crippen LogP contribution in [0.2, 0.25) is 0 Å². The van der Waals surface area contributed by atoms with Gasteiger partial charge in [0.2, 0.25) is 0 Å². The van der Waals surface area contributed by atoms with Crippen LogP contribution in [0.4, 0.5) is 0 Å². The fourth-order valence-corrected chi connectivity index (χ4v) is 10.9. The lowest BCUT2D eigenvalue weighted by Gasteiger charge is -2.49. The zero-order valence-corrected chi connectivity index (χ0v) is 36.1. The number of ether oxygens (including phenoxy) is 8. The van der Waals surface area contributed by atoms with E-state index in [1.165, 1.54) is 0 Å². The summed E-state index contributed by atoms with van der Waals surface area (Å²) in [6.07, 6.45) is -7.00. The van der Waals surface area contributed by atoms with E-state index in [-0.39, 0.29) is 37.3 Å². The predicted octanol–water partition coefficient (Wildman–Crippen LogP) is 7.81. The highest BCUT2D eigenvalue weighted by atomic mass is 16.8. The second-order valence-electron chi connectivity index (χ2n) is 18.5. The van der Waals surface area contributed by atoms with E-state index in [1.54, 1.807) is 0 Å². The minimum atomic E-state index is -1.35. The number of rotatable bonds is 16. The fourth-order valence-electron chi connectivity index (χ4n) is 10.9. The number of hydrogen-bond donors (Lipinski definition) is 2. The number of aliphatic hydroxyl groups is 2. The van der Waals surface area contributed by atoms with Crippen molar-refractivity contribution in [2.75, 3.05) is 6.61 Å². The minimum absolute atomic E-state index is 0.0868. The van der Waals surface area contributed by atoms with Gasteiger partial charge in [-0.25, -0.2) is 0 Å². The van der Waals surface area contributed by atoms with E-state index in [4.69, 9.17) is 37.9 Å². The summed E-state index contributed by atoms with van der Waals surface area (Å²) >= 11 is 0. The molecule has 0 radical (unpaired) electrons. The Kier molecular flexibility index (Phi) is 13.1. The molecule has 14 atom stereocenters. The molecular weight excluding hydrogens is 803 g/mol. The Morgan fingerprint density at radius 2 is 1.10 bits per heavy atom. The molecule has 63 heavy (non-hydrogen) atoms. The maximum Gasteiger partial charge on any atom is 0.175 e. The lowest BCUT2D eigenvalue weighted by molar-refractivity contribution is -0.324. The Labute approximate surface area is 369 Å². The number of azide groups is 1. The maximum atomic E-state index is 11.6. The monoisotopic (exact) mass is 861 g/mol. The molecule has 4 aromatic rings. The van der Waals surface area contributed by atoms with Crippen LogP contribution in [0.5, 0.6) is 0 Å². The quantitative estimate of drug-likeness (QED) is 0.0646. The molecule has 0 amide bonds. The van der Waals surface area contributed by atoms with Crippen LogP contribution >= 0.6 is 0 Å². The minimum Gasteiger partial charge on any atom is -0.394 e. The first-order valence-electron chi connectivity index (χ1n) is 22.3. The Hall–Kier alpha value is -4.21. The summed E-state index contributed by atoms with van der Waals surface area (Å²) in [4.78, 5) is 3.19. The highest BCUT2D eigenvalue weighted by Crippen LogP contribution is 2.73. The third-order valence-electron chi connectivity index (χ3n) is 14.8. The largest absolute Gasteiger partial charge is 0.394 e. The van der Waals surface area contributed by atoms with Crippen LogP contribution in [0.25, 0.3) is 10.4 Å². The summed E-state index contributed by atoms with van der Waals surface area (Å²) in [5.41, 5.74) is 13.3. The summed E-state index contributed by atoms with van der Waals surface area (Å²) in [5.74, 6) is -0.613. The molecule has 2 N–H and O–H groups in total. The summed E-state index contributed by atoms with van der Waals surface area (Å²) in [5, 5.41) is 26.3. The van der Waals surface area contributed by atoms with Crippen LogP contribution in [-0.2, 0) is 64.3 Å². The molecule has 5 fully saturated rings.